The van der Waals surface area contributed by atoms with Crippen molar-refractivity contribution >= 4 is 45.0 Å². The zero-order valence-electron chi connectivity index (χ0n) is 10.1. The highest BCUT2D eigenvalue weighted by molar-refractivity contribution is 9.10. The van der Waals surface area contributed by atoms with E-state index in [1.807, 2.05) is 0 Å². The van der Waals surface area contributed by atoms with Gasteiger partial charge in [0.1, 0.15) is 21.8 Å². The number of furan rings is 1. The van der Waals surface area contributed by atoms with E-state index in [9.17, 15) is 10.1 Å². The van der Waals surface area contributed by atoms with Gasteiger partial charge in [0.2, 0.25) is 0 Å². The Balaban J connectivity index is 2.46. The smallest absolute Gasteiger partial charge is 0.433 e. The molecule has 5 nitrogen and oxygen atoms in total. The lowest BCUT2D eigenvalue weighted by Gasteiger charge is -2.14. The van der Waals surface area contributed by atoms with E-state index in [0.717, 1.165) is 0 Å². The van der Waals surface area contributed by atoms with Gasteiger partial charge in [-0.05, 0) is 34.1 Å². The number of nitrogens with zero attached hydrogens (tertiary/aromatic N) is 1. The molecular formula is C12H8BrCl2NO4. The third-order valence-corrected chi connectivity index (χ3v) is 3.81. The van der Waals surface area contributed by atoms with Gasteiger partial charge in [-0.1, -0.05) is 11.6 Å². The third kappa shape index (κ3) is 2.92. The molecule has 0 fully saturated rings. The molecule has 1 atom stereocenters. The molecule has 0 saturated carbocycles. The summed E-state index contributed by atoms with van der Waals surface area (Å²) in [5, 5.41) is 10.3. The van der Waals surface area contributed by atoms with Crippen LogP contribution < -0.4 is 4.74 Å². The lowest BCUT2D eigenvalue weighted by Crippen LogP contribution is -1.97. The van der Waals surface area contributed by atoms with Crippen LogP contribution in [-0.2, 0) is 0 Å². The van der Waals surface area contributed by atoms with Gasteiger partial charge in [0.25, 0.3) is 0 Å². The van der Waals surface area contributed by atoms with Crippen LogP contribution in [0.4, 0.5) is 5.88 Å². The Hall–Kier alpha value is -1.24. The molecule has 0 N–H and O–H groups in total. The van der Waals surface area contributed by atoms with Crippen molar-refractivity contribution in [3.05, 3.63) is 55.2 Å². The molecule has 0 aliphatic rings. The minimum absolute atomic E-state index is 0.242. The second-order valence-electron chi connectivity index (χ2n) is 3.81. The molecule has 1 heterocycles. The molecule has 0 bridgehead atoms. The van der Waals surface area contributed by atoms with Crippen molar-refractivity contribution in [3.8, 4) is 5.75 Å². The first kappa shape index (κ1) is 15.2. The molecule has 1 aromatic carbocycles. The Bertz CT molecular complexity index is 659. The van der Waals surface area contributed by atoms with Gasteiger partial charge in [0.05, 0.1) is 17.6 Å². The van der Waals surface area contributed by atoms with Crippen molar-refractivity contribution in [3.63, 3.8) is 0 Å². The quantitative estimate of drug-likeness (QED) is 0.428. The first-order valence-corrected chi connectivity index (χ1v) is 6.96. The van der Waals surface area contributed by atoms with Crippen molar-refractivity contribution in [1.82, 2.24) is 0 Å². The molecule has 0 saturated heterocycles. The fourth-order valence-corrected chi connectivity index (χ4v) is 2.99. The molecule has 2 aromatic rings. The van der Waals surface area contributed by atoms with E-state index in [4.69, 9.17) is 32.4 Å². The third-order valence-electron chi connectivity index (χ3n) is 2.56. The topological polar surface area (TPSA) is 65.5 Å². The van der Waals surface area contributed by atoms with Gasteiger partial charge < -0.3 is 9.15 Å². The molecule has 0 aliphatic heterocycles. The second-order valence-corrected chi connectivity index (χ2v) is 5.53. The van der Waals surface area contributed by atoms with Crippen LogP contribution in [0.1, 0.15) is 16.7 Å². The lowest BCUT2D eigenvalue weighted by molar-refractivity contribution is -0.402. The van der Waals surface area contributed by atoms with Crippen LogP contribution >= 0.6 is 39.1 Å². The summed E-state index contributed by atoms with van der Waals surface area (Å²) in [6, 6.07) is 5.98. The average Bonchev–Trinajstić information content (AvgIpc) is 2.86. The Morgan fingerprint density at radius 3 is 2.70 bits per heavy atom. The number of methoxy groups -OCH3 is 1. The molecule has 20 heavy (non-hydrogen) atoms. The lowest BCUT2D eigenvalue weighted by atomic mass is 10.1. The number of nitro groups is 1. The number of hydrogen-bond acceptors (Lipinski definition) is 4. The monoisotopic (exact) mass is 379 g/mol. The Labute approximate surface area is 132 Å². The molecule has 0 spiro atoms. The first-order valence-electron chi connectivity index (χ1n) is 5.35. The van der Waals surface area contributed by atoms with Crippen LogP contribution in [0.15, 0.2) is 33.2 Å². The van der Waals surface area contributed by atoms with Gasteiger partial charge in [-0.2, -0.15) is 0 Å². The predicted molar refractivity (Wildman–Crippen MR) is 78.8 cm³/mol. The maximum Gasteiger partial charge on any atom is 0.433 e. The summed E-state index contributed by atoms with van der Waals surface area (Å²) in [6.45, 7) is 0. The summed E-state index contributed by atoms with van der Waals surface area (Å²) < 4.78 is 11.0. The van der Waals surface area contributed by atoms with E-state index in [2.05, 4.69) is 15.9 Å². The van der Waals surface area contributed by atoms with E-state index >= 15 is 0 Å². The highest BCUT2D eigenvalue weighted by Crippen LogP contribution is 2.42. The second kappa shape index (κ2) is 6.03. The summed E-state index contributed by atoms with van der Waals surface area (Å²) in [5.41, 5.74) is 0.554. The Morgan fingerprint density at radius 1 is 1.45 bits per heavy atom. The molecule has 0 radical (unpaired) electrons. The minimum atomic E-state index is -0.756. The number of ether oxygens (including phenoxy) is 1. The van der Waals surface area contributed by atoms with Crippen molar-refractivity contribution in [2.45, 2.75) is 5.38 Å². The van der Waals surface area contributed by atoms with Crippen LogP contribution in [0, 0.1) is 10.1 Å². The summed E-state index contributed by atoms with van der Waals surface area (Å²) in [4.78, 5) is 9.99. The minimum Gasteiger partial charge on any atom is -0.495 e. The molecule has 106 valence electrons. The molecule has 1 unspecified atom stereocenters. The van der Waals surface area contributed by atoms with Gasteiger partial charge in [-0.25, -0.2) is 0 Å². The van der Waals surface area contributed by atoms with Crippen molar-refractivity contribution in [1.29, 1.82) is 0 Å². The van der Waals surface area contributed by atoms with Crippen LogP contribution in [0.5, 0.6) is 5.75 Å². The van der Waals surface area contributed by atoms with E-state index in [0.29, 0.717) is 20.8 Å². The molecule has 2 rings (SSSR count). The number of benzene rings is 1. The van der Waals surface area contributed by atoms with Crippen LogP contribution in [0.2, 0.25) is 5.02 Å². The molecule has 0 amide bonds. The summed E-state index contributed by atoms with van der Waals surface area (Å²) >= 11 is 15.6. The molecule has 0 aliphatic carbocycles. The number of alkyl halides is 1. The largest absolute Gasteiger partial charge is 0.495 e. The SMILES string of the molecule is COc1c(Br)cc(Cl)cc1C(Cl)c1ccc([N+](=O)[O-])o1. The fraction of sp³-hybridized carbons (Fsp3) is 0.167. The predicted octanol–water partition coefficient (Wildman–Crippen LogP) is 4.94. The van der Waals surface area contributed by atoms with Crippen LogP contribution in [0.25, 0.3) is 0 Å². The Kier molecular flexibility index (Phi) is 4.57. The van der Waals surface area contributed by atoms with E-state index in [1.54, 1.807) is 12.1 Å². The highest BCUT2D eigenvalue weighted by atomic mass is 79.9. The maximum atomic E-state index is 10.6. The van der Waals surface area contributed by atoms with E-state index in [-0.39, 0.29) is 11.6 Å². The zero-order chi connectivity index (χ0) is 14.9. The van der Waals surface area contributed by atoms with Gasteiger partial charge in [0.15, 0.2) is 0 Å². The Morgan fingerprint density at radius 2 is 2.15 bits per heavy atom. The number of halogens is 3. The summed E-state index contributed by atoms with van der Waals surface area (Å²) in [5.74, 6) is 0.366. The molecule has 8 heteroatoms. The van der Waals surface area contributed by atoms with Crippen molar-refractivity contribution in [2.24, 2.45) is 0 Å². The van der Waals surface area contributed by atoms with Crippen LogP contribution in [-0.4, -0.2) is 12.0 Å². The van der Waals surface area contributed by atoms with Gasteiger partial charge in [0, 0.05) is 10.6 Å². The van der Waals surface area contributed by atoms with Gasteiger partial charge >= 0.3 is 5.88 Å². The average molecular weight is 381 g/mol. The van der Waals surface area contributed by atoms with Crippen molar-refractivity contribution in [2.75, 3.05) is 7.11 Å². The van der Waals surface area contributed by atoms with E-state index < -0.39 is 10.3 Å². The standard InChI is InChI=1S/C12H8BrCl2NO4/c1-19-12-7(4-6(14)5-8(12)13)11(15)9-2-3-10(20-9)16(17)18/h2-5,11H,1H3. The molecule has 1 aromatic heterocycles. The summed E-state index contributed by atoms with van der Waals surface area (Å²) in [6.07, 6.45) is 0. The maximum absolute atomic E-state index is 10.6. The zero-order valence-corrected chi connectivity index (χ0v) is 13.2. The summed E-state index contributed by atoms with van der Waals surface area (Å²) in [7, 11) is 1.49. The fourth-order valence-electron chi connectivity index (χ4n) is 1.71. The normalized spacial score (nSPS) is 12.2. The van der Waals surface area contributed by atoms with Crippen molar-refractivity contribution < 1.29 is 14.1 Å². The van der Waals surface area contributed by atoms with Crippen LogP contribution in [0.3, 0.4) is 0 Å². The number of rotatable bonds is 4. The first-order chi connectivity index (χ1) is 9.43. The molecular weight excluding hydrogens is 373 g/mol. The van der Waals surface area contributed by atoms with E-state index in [1.165, 1.54) is 19.2 Å². The number of hydrogen-bond donors (Lipinski definition) is 0. The van der Waals surface area contributed by atoms with Gasteiger partial charge in [-0.3, -0.25) is 10.1 Å². The van der Waals surface area contributed by atoms with Gasteiger partial charge in [-0.15, -0.1) is 11.6 Å². The highest BCUT2D eigenvalue weighted by Gasteiger charge is 2.24.